The molecule has 1 N–H and O–H groups in total. The SMILES string of the molecule is CC(C)C1CCC(NCCc2ccc(F)cc2)CC1. The Balaban J connectivity index is 1.65. The number of rotatable bonds is 5. The van der Waals surface area contributed by atoms with Crippen molar-refractivity contribution >= 4 is 0 Å². The van der Waals surface area contributed by atoms with Gasteiger partial charge in [0, 0.05) is 6.04 Å². The number of benzene rings is 1. The molecule has 0 radical (unpaired) electrons. The van der Waals surface area contributed by atoms with Crippen molar-refractivity contribution < 1.29 is 4.39 Å². The molecule has 1 aliphatic carbocycles. The molecule has 0 bridgehead atoms. The Morgan fingerprint density at radius 2 is 1.74 bits per heavy atom. The molecule has 1 nitrogen and oxygen atoms in total. The second-order valence-corrected chi connectivity index (χ2v) is 6.19. The van der Waals surface area contributed by atoms with Crippen LogP contribution in [0.4, 0.5) is 4.39 Å². The fraction of sp³-hybridized carbons (Fsp3) is 0.647. The quantitative estimate of drug-likeness (QED) is 0.840. The van der Waals surface area contributed by atoms with E-state index in [4.69, 9.17) is 0 Å². The lowest BCUT2D eigenvalue weighted by Gasteiger charge is -2.31. The highest BCUT2D eigenvalue weighted by Crippen LogP contribution is 2.29. The maximum Gasteiger partial charge on any atom is 0.123 e. The third kappa shape index (κ3) is 4.61. The summed E-state index contributed by atoms with van der Waals surface area (Å²) in [6, 6.07) is 7.54. The Morgan fingerprint density at radius 3 is 2.32 bits per heavy atom. The van der Waals surface area contributed by atoms with Gasteiger partial charge < -0.3 is 5.32 Å². The summed E-state index contributed by atoms with van der Waals surface area (Å²) in [7, 11) is 0. The van der Waals surface area contributed by atoms with Crippen LogP contribution in [0.1, 0.15) is 45.1 Å². The molecule has 19 heavy (non-hydrogen) atoms. The Bertz CT molecular complexity index is 363. The molecule has 0 aromatic heterocycles. The average molecular weight is 263 g/mol. The molecule has 0 aliphatic heterocycles. The van der Waals surface area contributed by atoms with Crippen molar-refractivity contribution in [3.63, 3.8) is 0 Å². The Kier molecular flexibility index (Phi) is 5.38. The van der Waals surface area contributed by atoms with Crippen molar-refractivity contribution in [2.45, 2.75) is 52.0 Å². The summed E-state index contributed by atoms with van der Waals surface area (Å²) in [4.78, 5) is 0. The summed E-state index contributed by atoms with van der Waals surface area (Å²) in [5.74, 6) is 1.61. The minimum absolute atomic E-state index is 0.149. The first-order chi connectivity index (χ1) is 9.15. The first-order valence-electron chi connectivity index (χ1n) is 7.63. The molecule has 2 rings (SSSR count). The fourth-order valence-electron chi connectivity index (χ4n) is 3.06. The molecule has 2 heteroatoms. The number of nitrogens with one attached hydrogen (secondary N) is 1. The number of halogens is 1. The van der Waals surface area contributed by atoms with Gasteiger partial charge >= 0.3 is 0 Å². The van der Waals surface area contributed by atoms with Crippen LogP contribution in [0.15, 0.2) is 24.3 Å². The molecule has 1 aromatic rings. The van der Waals surface area contributed by atoms with Gasteiger partial charge in [-0.15, -0.1) is 0 Å². The van der Waals surface area contributed by atoms with E-state index in [1.165, 1.54) is 31.2 Å². The van der Waals surface area contributed by atoms with E-state index >= 15 is 0 Å². The molecule has 1 saturated carbocycles. The van der Waals surface area contributed by atoms with Crippen LogP contribution in [-0.4, -0.2) is 12.6 Å². The van der Waals surface area contributed by atoms with E-state index in [9.17, 15) is 4.39 Å². The molecule has 106 valence electrons. The van der Waals surface area contributed by atoms with Crippen molar-refractivity contribution in [1.29, 1.82) is 0 Å². The van der Waals surface area contributed by atoms with Gasteiger partial charge in [0.2, 0.25) is 0 Å². The first kappa shape index (κ1) is 14.5. The van der Waals surface area contributed by atoms with Crippen molar-refractivity contribution in [3.05, 3.63) is 35.6 Å². The third-order valence-corrected chi connectivity index (χ3v) is 4.47. The Labute approximate surface area is 116 Å². The summed E-state index contributed by atoms with van der Waals surface area (Å²) < 4.78 is 12.8. The van der Waals surface area contributed by atoms with Crippen LogP contribution >= 0.6 is 0 Å². The predicted molar refractivity (Wildman–Crippen MR) is 78.7 cm³/mol. The van der Waals surface area contributed by atoms with Gasteiger partial charge in [0.25, 0.3) is 0 Å². The summed E-state index contributed by atoms with van der Waals surface area (Å²) in [5, 5.41) is 3.65. The topological polar surface area (TPSA) is 12.0 Å². The van der Waals surface area contributed by atoms with Crippen LogP contribution in [-0.2, 0) is 6.42 Å². The zero-order valence-electron chi connectivity index (χ0n) is 12.2. The van der Waals surface area contributed by atoms with Gasteiger partial charge in [-0.25, -0.2) is 4.39 Å². The maximum absolute atomic E-state index is 12.8. The van der Waals surface area contributed by atoms with Crippen LogP contribution in [0.5, 0.6) is 0 Å². The minimum Gasteiger partial charge on any atom is -0.314 e. The monoisotopic (exact) mass is 263 g/mol. The summed E-state index contributed by atoms with van der Waals surface area (Å²) in [6.07, 6.45) is 6.35. The second kappa shape index (κ2) is 7.04. The second-order valence-electron chi connectivity index (χ2n) is 6.19. The molecular formula is C17H26FN. The average Bonchev–Trinajstić information content (AvgIpc) is 2.41. The molecule has 0 amide bonds. The highest BCUT2D eigenvalue weighted by Gasteiger charge is 2.22. The van der Waals surface area contributed by atoms with Gasteiger partial charge in [-0.2, -0.15) is 0 Å². The summed E-state index contributed by atoms with van der Waals surface area (Å²) >= 11 is 0. The molecule has 1 aromatic carbocycles. The third-order valence-electron chi connectivity index (χ3n) is 4.47. The lowest BCUT2D eigenvalue weighted by Crippen LogP contribution is -2.35. The van der Waals surface area contributed by atoms with Crippen molar-refractivity contribution in [1.82, 2.24) is 5.32 Å². The lowest BCUT2D eigenvalue weighted by molar-refractivity contribution is 0.239. The van der Waals surface area contributed by atoms with E-state index in [2.05, 4.69) is 19.2 Å². The molecular weight excluding hydrogens is 237 g/mol. The van der Waals surface area contributed by atoms with Gasteiger partial charge in [-0.3, -0.25) is 0 Å². The van der Waals surface area contributed by atoms with Gasteiger partial charge in [-0.1, -0.05) is 26.0 Å². The normalized spacial score (nSPS) is 23.8. The Hall–Kier alpha value is -0.890. The van der Waals surface area contributed by atoms with E-state index in [1.54, 1.807) is 12.1 Å². The van der Waals surface area contributed by atoms with E-state index in [0.29, 0.717) is 6.04 Å². The maximum atomic E-state index is 12.8. The first-order valence-corrected chi connectivity index (χ1v) is 7.63. The molecule has 0 atom stereocenters. The smallest absolute Gasteiger partial charge is 0.123 e. The summed E-state index contributed by atoms with van der Waals surface area (Å²) in [5.41, 5.74) is 1.21. The van der Waals surface area contributed by atoms with Crippen molar-refractivity contribution in [3.8, 4) is 0 Å². The molecule has 0 heterocycles. The van der Waals surface area contributed by atoms with Crippen LogP contribution < -0.4 is 5.32 Å². The largest absolute Gasteiger partial charge is 0.314 e. The minimum atomic E-state index is -0.149. The highest BCUT2D eigenvalue weighted by molar-refractivity contribution is 5.16. The zero-order valence-corrected chi connectivity index (χ0v) is 12.2. The fourth-order valence-corrected chi connectivity index (χ4v) is 3.06. The van der Waals surface area contributed by atoms with Gasteiger partial charge in [0.05, 0.1) is 0 Å². The zero-order chi connectivity index (χ0) is 13.7. The lowest BCUT2D eigenvalue weighted by atomic mass is 9.80. The predicted octanol–water partition coefficient (Wildman–Crippen LogP) is 4.17. The van der Waals surface area contributed by atoms with Crippen LogP contribution in [0.25, 0.3) is 0 Å². The number of hydrogen-bond donors (Lipinski definition) is 1. The molecule has 1 aliphatic rings. The molecule has 1 fully saturated rings. The Morgan fingerprint density at radius 1 is 1.11 bits per heavy atom. The molecule has 0 spiro atoms. The van der Waals surface area contributed by atoms with E-state index in [1.807, 2.05) is 12.1 Å². The van der Waals surface area contributed by atoms with Crippen LogP contribution in [0, 0.1) is 17.7 Å². The van der Waals surface area contributed by atoms with Crippen molar-refractivity contribution in [2.24, 2.45) is 11.8 Å². The summed E-state index contributed by atoms with van der Waals surface area (Å²) in [6.45, 7) is 5.68. The molecule has 0 unspecified atom stereocenters. The van der Waals surface area contributed by atoms with Gasteiger partial charge in [-0.05, 0) is 68.2 Å². The van der Waals surface area contributed by atoms with Crippen LogP contribution in [0.2, 0.25) is 0 Å². The molecule has 0 saturated heterocycles. The van der Waals surface area contributed by atoms with E-state index < -0.39 is 0 Å². The van der Waals surface area contributed by atoms with Crippen LogP contribution in [0.3, 0.4) is 0 Å². The standard InChI is InChI=1S/C17H26FN/c1-13(2)15-5-9-17(10-6-15)19-12-11-14-3-7-16(18)8-4-14/h3-4,7-8,13,15,17,19H,5-6,9-12H2,1-2H3. The number of hydrogen-bond acceptors (Lipinski definition) is 1. The highest BCUT2D eigenvalue weighted by atomic mass is 19.1. The van der Waals surface area contributed by atoms with Gasteiger partial charge in [0.1, 0.15) is 5.82 Å². The van der Waals surface area contributed by atoms with Gasteiger partial charge in [0.15, 0.2) is 0 Å². The van der Waals surface area contributed by atoms with E-state index in [0.717, 1.165) is 24.8 Å². The van der Waals surface area contributed by atoms with E-state index in [-0.39, 0.29) is 5.82 Å². The van der Waals surface area contributed by atoms with Crippen molar-refractivity contribution in [2.75, 3.05) is 6.54 Å².